The number of hydrogen-bond donors (Lipinski definition) is 1. The van der Waals surface area contributed by atoms with E-state index in [-0.39, 0.29) is 18.0 Å². The van der Waals surface area contributed by atoms with Gasteiger partial charge >= 0.3 is 5.97 Å². The molecule has 0 unspecified atom stereocenters. The van der Waals surface area contributed by atoms with Gasteiger partial charge in [-0.05, 0) is 64.2 Å². The lowest BCUT2D eigenvalue weighted by molar-refractivity contribution is 0.0378. The second kappa shape index (κ2) is 8.57. The minimum atomic E-state index is -0.363. The van der Waals surface area contributed by atoms with Crippen molar-refractivity contribution in [2.45, 2.75) is 52.6 Å². The molecule has 0 radical (unpaired) electrons. The van der Waals surface area contributed by atoms with Crippen molar-refractivity contribution in [3.63, 3.8) is 0 Å². The van der Waals surface area contributed by atoms with Gasteiger partial charge in [-0.3, -0.25) is 4.79 Å². The van der Waals surface area contributed by atoms with Crippen LogP contribution in [0.25, 0.3) is 0 Å². The maximum Gasteiger partial charge on any atom is 0.341 e. The van der Waals surface area contributed by atoms with Gasteiger partial charge in [0, 0.05) is 4.88 Å². The van der Waals surface area contributed by atoms with Crippen molar-refractivity contribution in [3.05, 3.63) is 45.8 Å². The van der Waals surface area contributed by atoms with E-state index in [1.807, 2.05) is 26.8 Å². The summed E-state index contributed by atoms with van der Waals surface area (Å²) in [4.78, 5) is 26.8. The lowest BCUT2D eigenvalue weighted by Gasteiger charge is -2.14. The van der Waals surface area contributed by atoms with Gasteiger partial charge in [-0.1, -0.05) is 12.1 Å². The van der Waals surface area contributed by atoms with E-state index in [0.717, 1.165) is 31.2 Å². The van der Waals surface area contributed by atoms with Gasteiger partial charge in [-0.2, -0.15) is 0 Å². The summed E-state index contributed by atoms with van der Waals surface area (Å²) in [6.07, 6.45) is 3.73. The molecule has 0 atom stereocenters. The molecule has 1 aromatic heterocycles. The van der Waals surface area contributed by atoms with Crippen molar-refractivity contribution in [1.29, 1.82) is 0 Å². The van der Waals surface area contributed by atoms with E-state index in [1.165, 1.54) is 16.2 Å². The number of hydrogen-bond acceptors (Lipinski definition) is 5. The molecule has 2 aromatic rings. The number of amides is 1. The summed E-state index contributed by atoms with van der Waals surface area (Å²) in [5.41, 5.74) is 2.00. The van der Waals surface area contributed by atoms with Crippen molar-refractivity contribution >= 4 is 28.2 Å². The van der Waals surface area contributed by atoms with Crippen molar-refractivity contribution in [1.82, 2.24) is 0 Å². The highest BCUT2D eigenvalue weighted by Crippen LogP contribution is 2.39. The third kappa shape index (κ3) is 4.33. The van der Waals surface area contributed by atoms with Crippen molar-refractivity contribution in [2.75, 3.05) is 11.9 Å². The number of carbonyl (C=O) groups excluding carboxylic acids is 2. The number of anilines is 1. The number of benzene rings is 1. The van der Waals surface area contributed by atoms with E-state index in [2.05, 4.69) is 5.32 Å². The van der Waals surface area contributed by atoms with Crippen LogP contribution in [0.3, 0.4) is 0 Å². The molecule has 0 bridgehead atoms. The zero-order chi connectivity index (χ0) is 19.4. The van der Waals surface area contributed by atoms with Crippen LogP contribution in [0.15, 0.2) is 24.3 Å². The van der Waals surface area contributed by atoms with Gasteiger partial charge in [-0.25, -0.2) is 4.79 Å². The zero-order valence-corrected chi connectivity index (χ0v) is 16.8. The van der Waals surface area contributed by atoms with E-state index in [4.69, 9.17) is 9.47 Å². The minimum Gasteiger partial charge on any atom is -0.493 e. The van der Waals surface area contributed by atoms with Gasteiger partial charge in [0.15, 0.2) is 0 Å². The molecular formula is C21H25NO4S. The smallest absolute Gasteiger partial charge is 0.341 e. The van der Waals surface area contributed by atoms with Crippen LogP contribution in [0.5, 0.6) is 5.75 Å². The van der Waals surface area contributed by atoms with Gasteiger partial charge in [0.25, 0.3) is 5.91 Å². The SMILES string of the molecule is CCOc1ccccc1C(=O)Nc1sc2c(c1C(=O)OC(C)C)CCCC2. The van der Waals surface area contributed by atoms with Crippen LogP contribution in [0, 0.1) is 0 Å². The Kier molecular flexibility index (Phi) is 6.16. The molecule has 3 rings (SSSR count). The van der Waals surface area contributed by atoms with Crippen LogP contribution in [0.2, 0.25) is 0 Å². The molecule has 144 valence electrons. The predicted molar refractivity (Wildman–Crippen MR) is 107 cm³/mol. The van der Waals surface area contributed by atoms with E-state index in [0.29, 0.717) is 28.5 Å². The van der Waals surface area contributed by atoms with E-state index in [9.17, 15) is 9.59 Å². The fraction of sp³-hybridized carbons (Fsp3) is 0.429. The van der Waals surface area contributed by atoms with Gasteiger partial charge in [-0.15, -0.1) is 11.3 Å². The first-order chi connectivity index (χ1) is 13.0. The minimum absolute atomic E-state index is 0.209. The van der Waals surface area contributed by atoms with Crippen LogP contribution >= 0.6 is 11.3 Å². The van der Waals surface area contributed by atoms with Crippen molar-refractivity contribution in [2.24, 2.45) is 0 Å². The average molecular weight is 388 g/mol. The Labute approximate surface area is 163 Å². The number of thiophene rings is 1. The molecule has 1 N–H and O–H groups in total. The molecule has 1 amide bonds. The molecular weight excluding hydrogens is 362 g/mol. The molecule has 1 heterocycles. The average Bonchev–Trinajstić information content (AvgIpc) is 2.99. The number of carbonyl (C=O) groups is 2. The maximum absolute atomic E-state index is 12.9. The molecule has 6 heteroatoms. The van der Waals surface area contributed by atoms with Gasteiger partial charge in [0.2, 0.25) is 0 Å². The first-order valence-corrected chi connectivity index (χ1v) is 10.2. The summed E-state index contributed by atoms with van der Waals surface area (Å²) in [6.45, 7) is 6.01. The summed E-state index contributed by atoms with van der Waals surface area (Å²) in [5, 5.41) is 3.51. The third-order valence-corrected chi connectivity index (χ3v) is 5.58. The molecule has 1 aliphatic rings. The number of para-hydroxylation sites is 1. The Hall–Kier alpha value is -2.34. The number of aryl methyl sites for hydroxylation is 1. The van der Waals surface area contributed by atoms with Crippen LogP contribution in [0.4, 0.5) is 5.00 Å². The Morgan fingerprint density at radius 3 is 2.67 bits per heavy atom. The Bertz CT molecular complexity index is 841. The molecule has 27 heavy (non-hydrogen) atoms. The predicted octanol–water partition coefficient (Wildman–Crippen LogP) is 4.84. The Balaban J connectivity index is 1.93. The lowest BCUT2D eigenvalue weighted by Crippen LogP contribution is -2.18. The summed E-state index contributed by atoms with van der Waals surface area (Å²) < 4.78 is 11.0. The molecule has 0 saturated heterocycles. The van der Waals surface area contributed by atoms with E-state index >= 15 is 0 Å². The summed E-state index contributed by atoms with van der Waals surface area (Å²) >= 11 is 1.49. The second-order valence-corrected chi connectivity index (χ2v) is 7.86. The van der Waals surface area contributed by atoms with Crippen molar-refractivity contribution in [3.8, 4) is 5.75 Å². The van der Waals surface area contributed by atoms with E-state index in [1.54, 1.807) is 18.2 Å². The van der Waals surface area contributed by atoms with Gasteiger partial charge in [0.05, 0.1) is 23.8 Å². The number of rotatable bonds is 6. The normalized spacial score (nSPS) is 13.2. The Morgan fingerprint density at radius 2 is 1.93 bits per heavy atom. The standard InChI is InChI=1S/C21H25NO4S/c1-4-25-16-11-7-5-9-14(16)19(23)22-20-18(21(24)26-13(2)3)15-10-6-8-12-17(15)27-20/h5,7,9,11,13H,4,6,8,10,12H2,1-3H3,(H,22,23). The number of ether oxygens (including phenoxy) is 2. The van der Waals surface area contributed by atoms with Crippen molar-refractivity contribution < 1.29 is 19.1 Å². The van der Waals surface area contributed by atoms with Crippen LogP contribution < -0.4 is 10.1 Å². The third-order valence-electron chi connectivity index (χ3n) is 4.38. The fourth-order valence-electron chi connectivity index (χ4n) is 3.25. The quantitative estimate of drug-likeness (QED) is 0.720. The molecule has 0 spiro atoms. The lowest BCUT2D eigenvalue weighted by atomic mass is 9.95. The maximum atomic E-state index is 12.9. The van der Waals surface area contributed by atoms with Crippen LogP contribution in [0.1, 0.15) is 64.8 Å². The number of nitrogens with one attached hydrogen (secondary N) is 1. The molecule has 0 fully saturated rings. The number of esters is 1. The molecule has 5 nitrogen and oxygen atoms in total. The van der Waals surface area contributed by atoms with Crippen LogP contribution in [-0.2, 0) is 17.6 Å². The summed E-state index contributed by atoms with van der Waals surface area (Å²) in [7, 11) is 0. The zero-order valence-electron chi connectivity index (χ0n) is 16.0. The summed E-state index contributed by atoms with van der Waals surface area (Å²) in [5.74, 6) is -0.112. The van der Waals surface area contributed by atoms with Crippen LogP contribution in [-0.4, -0.2) is 24.6 Å². The number of fused-ring (bicyclic) bond motifs is 1. The molecule has 0 aliphatic heterocycles. The first kappa shape index (κ1) is 19.4. The Morgan fingerprint density at radius 1 is 1.19 bits per heavy atom. The highest BCUT2D eigenvalue weighted by Gasteiger charge is 2.28. The first-order valence-electron chi connectivity index (χ1n) is 9.40. The second-order valence-electron chi connectivity index (χ2n) is 6.75. The fourth-order valence-corrected chi connectivity index (χ4v) is 4.52. The molecule has 1 aromatic carbocycles. The van der Waals surface area contributed by atoms with Gasteiger partial charge < -0.3 is 14.8 Å². The van der Waals surface area contributed by atoms with E-state index < -0.39 is 0 Å². The molecule has 0 saturated carbocycles. The van der Waals surface area contributed by atoms with Gasteiger partial charge in [0.1, 0.15) is 10.8 Å². The highest BCUT2D eigenvalue weighted by atomic mass is 32.1. The highest BCUT2D eigenvalue weighted by molar-refractivity contribution is 7.17. The largest absolute Gasteiger partial charge is 0.493 e. The molecule has 1 aliphatic carbocycles. The monoisotopic (exact) mass is 387 g/mol. The topological polar surface area (TPSA) is 64.6 Å². The summed E-state index contributed by atoms with van der Waals surface area (Å²) in [6, 6.07) is 7.12.